The fourth-order valence-electron chi connectivity index (χ4n) is 2.47. The zero-order valence-electron chi connectivity index (χ0n) is 15.6. The maximum absolute atomic E-state index is 5.92. The predicted molar refractivity (Wildman–Crippen MR) is 106 cm³/mol. The molecule has 1 heterocycles. The van der Waals surface area contributed by atoms with Gasteiger partial charge < -0.3 is 15.4 Å². The van der Waals surface area contributed by atoms with Gasteiger partial charge in [0.15, 0.2) is 5.96 Å². The summed E-state index contributed by atoms with van der Waals surface area (Å²) in [4.78, 5) is 10.2. The molecule has 2 aromatic rings. The molecule has 6 heteroatoms. The van der Waals surface area contributed by atoms with Gasteiger partial charge in [-0.1, -0.05) is 18.2 Å². The van der Waals surface area contributed by atoms with Gasteiger partial charge in [0.25, 0.3) is 0 Å². The Balaban J connectivity index is 1.77. The largest absolute Gasteiger partial charge is 0.491 e. The summed E-state index contributed by atoms with van der Waals surface area (Å²) in [5, 5.41) is 7.71. The highest BCUT2D eigenvalue weighted by Crippen LogP contribution is 2.21. The summed E-state index contributed by atoms with van der Waals surface area (Å²) in [7, 11) is 0. The normalized spacial score (nSPS) is 11.4. The van der Waals surface area contributed by atoms with Crippen molar-refractivity contribution in [3.05, 3.63) is 45.4 Å². The average molecular weight is 361 g/mol. The zero-order valence-corrected chi connectivity index (χ0v) is 16.4. The lowest BCUT2D eigenvalue weighted by Gasteiger charge is -2.14. The third-order valence-corrected chi connectivity index (χ3v) is 4.63. The van der Waals surface area contributed by atoms with Gasteiger partial charge in [-0.15, -0.1) is 11.3 Å². The van der Waals surface area contributed by atoms with Crippen molar-refractivity contribution >= 4 is 17.3 Å². The van der Waals surface area contributed by atoms with E-state index in [4.69, 9.17) is 4.74 Å². The molecule has 0 aliphatic rings. The second-order valence-electron chi connectivity index (χ2n) is 5.87. The van der Waals surface area contributed by atoms with Crippen molar-refractivity contribution in [1.29, 1.82) is 0 Å². The van der Waals surface area contributed by atoms with Crippen LogP contribution >= 0.6 is 11.3 Å². The lowest BCUT2D eigenvalue weighted by Crippen LogP contribution is -2.39. The number of para-hydroxylation sites is 1. The van der Waals surface area contributed by atoms with Crippen LogP contribution in [0.5, 0.6) is 5.75 Å². The van der Waals surface area contributed by atoms with E-state index in [1.807, 2.05) is 6.20 Å². The fourth-order valence-corrected chi connectivity index (χ4v) is 3.25. The summed E-state index contributed by atoms with van der Waals surface area (Å²) < 4.78 is 5.92. The molecule has 0 saturated heterocycles. The first kappa shape index (κ1) is 19.2. The van der Waals surface area contributed by atoms with Gasteiger partial charge in [-0.05, 0) is 38.8 Å². The van der Waals surface area contributed by atoms with E-state index in [1.165, 1.54) is 16.0 Å². The molecule has 0 aliphatic heterocycles. The molecule has 0 amide bonds. The molecular weight excluding hydrogens is 332 g/mol. The van der Waals surface area contributed by atoms with E-state index in [1.54, 1.807) is 11.3 Å². The molecule has 2 N–H and O–H groups in total. The van der Waals surface area contributed by atoms with Gasteiger partial charge >= 0.3 is 0 Å². The summed E-state index contributed by atoms with van der Waals surface area (Å²) in [5.74, 6) is 1.80. The van der Waals surface area contributed by atoms with Crippen LogP contribution in [0.2, 0.25) is 0 Å². The highest BCUT2D eigenvalue weighted by molar-refractivity contribution is 7.11. The highest BCUT2D eigenvalue weighted by atomic mass is 32.1. The number of rotatable bonds is 8. The van der Waals surface area contributed by atoms with E-state index in [9.17, 15) is 0 Å². The molecule has 0 bridgehead atoms. The Morgan fingerprint density at radius 2 is 1.96 bits per heavy atom. The average Bonchev–Trinajstić information content (AvgIpc) is 2.99. The summed E-state index contributed by atoms with van der Waals surface area (Å²) in [6, 6.07) is 6.19. The second kappa shape index (κ2) is 10.0. The number of ether oxygens (including phenoxy) is 1. The maximum Gasteiger partial charge on any atom is 0.191 e. The van der Waals surface area contributed by atoms with Gasteiger partial charge in [0.05, 0.1) is 11.6 Å². The monoisotopic (exact) mass is 360 g/mol. The molecule has 1 aromatic heterocycles. The van der Waals surface area contributed by atoms with Crippen molar-refractivity contribution in [3.8, 4) is 5.75 Å². The third-order valence-electron chi connectivity index (χ3n) is 3.66. The minimum atomic E-state index is 0.599. The van der Waals surface area contributed by atoms with Crippen LogP contribution in [0.3, 0.4) is 0 Å². The molecule has 25 heavy (non-hydrogen) atoms. The van der Waals surface area contributed by atoms with Crippen molar-refractivity contribution in [2.24, 2.45) is 4.99 Å². The van der Waals surface area contributed by atoms with Gasteiger partial charge in [-0.2, -0.15) is 0 Å². The second-order valence-corrected chi connectivity index (χ2v) is 7.19. The smallest absolute Gasteiger partial charge is 0.191 e. The van der Waals surface area contributed by atoms with Crippen LogP contribution in [0, 0.1) is 20.8 Å². The quantitative estimate of drug-likeness (QED) is 0.431. The summed E-state index contributed by atoms with van der Waals surface area (Å²) in [6.07, 6.45) is 2.78. The molecule has 5 nitrogen and oxygen atoms in total. The van der Waals surface area contributed by atoms with Crippen molar-refractivity contribution in [2.45, 2.75) is 34.1 Å². The van der Waals surface area contributed by atoms with Gasteiger partial charge in [0, 0.05) is 30.6 Å². The molecule has 1 aromatic carbocycles. The Morgan fingerprint density at radius 1 is 1.20 bits per heavy atom. The van der Waals surface area contributed by atoms with Crippen LogP contribution in [-0.4, -0.2) is 37.2 Å². The molecular formula is C19H28N4OS. The Kier molecular flexibility index (Phi) is 7.73. The Hall–Kier alpha value is -2.08. The van der Waals surface area contributed by atoms with Crippen LogP contribution in [0.4, 0.5) is 0 Å². The lowest BCUT2D eigenvalue weighted by molar-refractivity contribution is 0.317. The third kappa shape index (κ3) is 6.38. The van der Waals surface area contributed by atoms with Crippen LogP contribution in [0.1, 0.15) is 27.9 Å². The van der Waals surface area contributed by atoms with Crippen LogP contribution in [0.15, 0.2) is 29.4 Å². The fraction of sp³-hybridized carbons (Fsp3) is 0.474. The topological polar surface area (TPSA) is 58.5 Å². The van der Waals surface area contributed by atoms with E-state index < -0.39 is 0 Å². The van der Waals surface area contributed by atoms with E-state index in [-0.39, 0.29) is 0 Å². The molecule has 0 fully saturated rings. The number of aromatic nitrogens is 1. The highest BCUT2D eigenvalue weighted by Gasteiger charge is 2.03. The minimum absolute atomic E-state index is 0.599. The number of benzene rings is 1. The van der Waals surface area contributed by atoms with E-state index >= 15 is 0 Å². The number of nitrogens with zero attached hydrogens (tertiary/aromatic N) is 2. The molecule has 136 valence electrons. The standard InChI is InChI=1S/C19H28N4OS/c1-5-20-19(21-10-9-17-23-13-16(4)25-17)22-11-12-24-18-14(2)7-6-8-15(18)3/h6-8,13H,5,9-12H2,1-4H3,(H2,20,21,22). The van der Waals surface area contributed by atoms with Crippen molar-refractivity contribution < 1.29 is 4.74 Å². The van der Waals surface area contributed by atoms with Crippen molar-refractivity contribution in [2.75, 3.05) is 26.2 Å². The first-order valence-corrected chi connectivity index (χ1v) is 9.54. The molecule has 0 saturated carbocycles. The number of aliphatic imine (C=N–C) groups is 1. The van der Waals surface area contributed by atoms with Crippen molar-refractivity contribution in [1.82, 2.24) is 15.6 Å². The van der Waals surface area contributed by atoms with Gasteiger partial charge in [0.2, 0.25) is 0 Å². The number of aryl methyl sites for hydroxylation is 3. The van der Waals surface area contributed by atoms with Crippen LogP contribution < -0.4 is 15.4 Å². The van der Waals surface area contributed by atoms with E-state index in [0.717, 1.165) is 36.2 Å². The Morgan fingerprint density at radius 3 is 2.60 bits per heavy atom. The molecule has 2 rings (SSSR count). The first-order valence-electron chi connectivity index (χ1n) is 8.72. The zero-order chi connectivity index (χ0) is 18.1. The van der Waals surface area contributed by atoms with E-state index in [0.29, 0.717) is 13.2 Å². The molecule has 0 spiro atoms. The molecule has 0 aliphatic carbocycles. The van der Waals surface area contributed by atoms with Crippen LogP contribution in [0.25, 0.3) is 0 Å². The number of nitrogens with one attached hydrogen (secondary N) is 2. The summed E-state index contributed by atoms with van der Waals surface area (Å²) in [6.45, 7) is 11.1. The summed E-state index contributed by atoms with van der Waals surface area (Å²) in [5.41, 5.74) is 2.33. The summed E-state index contributed by atoms with van der Waals surface area (Å²) >= 11 is 1.73. The van der Waals surface area contributed by atoms with E-state index in [2.05, 4.69) is 66.5 Å². The molecule has 0 atom stereocenters. The maximum atomic E-state index is 5.92. The predicted octanol–water partition coefficient (Wildman–Crippen LogP) is 3.24. The van der Waals surface area contributed by atoms with Gasteiger partial charge in [-0.3, -0.25) is 4.99 Å². The van der Waals surface area contributed by atoms with Crippen LogP contribution in [-0.2, 0) is 6.42 Å². The number of hydrogen-bond acceptors (Lipinski definition) is 4. The molecule has 0 unspecified atom stereocenters. The number of guanidine groups is 1. The number of hydrogen-bond donors (Lipinski definition) is 2. The molecule has 0 radical (unpaired) electrons. The van der Waals surface area contributed by atoms with Gasteiger partial charge in [-0.25, -0.2) is 4.98 Å². The van der Waals surface area contributed by atoms with Crippen molar-refractivity contribution in [3.63, 3.8) is 0 Å². The minimum Gasteiger partial charge on any atom is -0.491 e. The Labute approximate surface area is 154 Å². The van der Waals surface area contributed by atoms with Gasteiger partial charge in [0.1, 0.15) is 12.4 Å². The lowest BCUT2D eigenvalue weighted by atomic mass is 10.1. The first-order chi connectivity index (χ1) is 12.1. The SMILES string of the molecule is CCNC(=NCCc1ncc(C)s1)NCCOc1c(C)cccc1C. The number of thiazole rings is 1. The Bertz CT molecular complexity index is 676.